The van der Waals surface area contributed by atoms with Gasteiger partial charge in [0.2, 0.25) is 0 Å². The second-order valence-electron chi connectivity index (χ2n) is 4.38. The van der Waals surface area contributed by atoms with Gasteiger partial charge in [0, 0.05) is 5.56 Å². The number of alkyl halides is 1. The highest BCUT2D eigenvalue weighted by atomic mass is 35.5. The summed E-state index contributed by atoms with van der Waals surface area (Å²) in [5, 5.41) is 5.07. The van der Waals surface area contributed by atoms with Crippen molar-refractivity contribution >= 4 is 23.2 Å². The summed E-state index contributed by atoms with van der Waals surface area (Å²) in [7, 11) is 0. The molecule has 0 amide bonds. The first-order valence-corrected chi connectivity index (χ1v) is 7.11. The third-order valence-electron chi connectivity index (χ3n) is 2.93. The van der Waals surface area contributed by atoms with E-state index in [1.165, 1.54) is 12.1 Å². The molecule has 2 aromatic rings. The molecule has 0 saturated carbocycles. The van der Waals surface area contributed by atoms with Crippen LogP contribution >= 0.6 is 23.2 Å². The summed E-state index contributed by atoms with van der Waals surface area (Å²) in [6.45, 7) is 2.61. The van der Waals surface area contributed by atoms with Crippen molar-refractivity contribution < 1.29 is 4.39 Å². The highest BCUT2D eigenvalue weighted by Crippen LogP contribution is 2.24. The number of halogens is 3. The molecule has 1 aromatic heterocycles. The summed E-state index contributed by atoms with van der Waals surface area (Å²) in [4.78, 5) is 0. The van der Waals surface area contributed by atoms with Gasteiger partial charge >= 0.3 is 0 Å². The van der Waals surface area contributed by atoms with E-state index in [9.17, 15) is 4.39 Å². The monoisotopic (exact) mass is 300 g/mol. The summed E-state index contributed by atoms with van der Waals surface area (Å²) in [6, 6.07) is 6.32. The van der Waals surface area contributed by atoms with Gasteiger partial charge in [-0.15, -0.1) is 11.6 Å². The van der Waals surface area contributed by atoms with E-state index < -0.39 is 0 Å². The van der Waals surface area contributed by atoms with Crippen LogP contribution in [0.15, 0.2) is 24.3 Å². The number of rotatable bonds is 5. The van der Waals surface area contributed by atoms with Crippen LogP contribution < -0.4 is 0 Å². The first-order chi connectivity index (χ1) is 9.15. The van der Waals surface area contributed by atoms with Crippen molar-refractivity contribution in [3.05, 3.63) is 52.1 Å². The van der Waals surface area contributed by atoms with Gasteiger partial charge in [-0.05, 0) is 24.1 Å². The molecule has 0 saturated heterocycles. The van der Waals surface area contributed by atoms with Gasteiger partial charge in [0.25, 0.3) is 0 Å². The van der Waals surface area contributed by atoms with Crippen molar-refractivity contribution in [3.8, 4) is 0 Å². The van der Waals surface area contributed by atoms with Crippen molar-refractivity contribution in [3.63, 3.8) is 0 Å². The largest absolute Gasteiger partial charge is 0.249 e. The summed E-state index contributed by atoms with van der Waals surface area (Å²) in [5.41, 5.74) is 2.80. The van der Waals surface area contributed by atoms with Crippen molar-refractivity contribution in [1.82, 2.24) is 9.78 Å². The van der Waals surface area contributed by atoms with Gasteiger partial charge in [-0.2, -0.15) is 5.10 Å². The van der Waals surface area contributed by atoms with Crippen LogP contribution in [-0.2, 0) is 18.8 Å². The standard InChI is InChI=1S/C14H15Cl2FN2/c1-2-3-13-12(8-15)14(16)19(18-13)9-10-4-6-11(17)7-5-10/h4-7H,2-3,8-9H2,1H3. The summed E-state index contributed by atoms with van der Waals surface area (Å²) in [6.07, 6.45) is 1.85. The zero-order valence-electron chi connectivity index (χ0n) is 10.7. The zero-order chi connectivity index (χ0) is 13.8. The third kappa shape index (κ3) is 3.28. The van der Waals surface area contributed by atoms with Crippen LogP contribution in [-0.4, -0.2) is 9.78 Å². The second kappa shape index (κ2) is 6.40. The van der Waals surface area contributed by atoms with Gasteiger partial charge in [-0.25, -0.2) is 9.07 Å². The molecule has 0 bridgehead atoms. The van der Waals surface area contributed by atoms with E-state index in [-0.39, 0.29) is 5.82 Å². The summed E-state index contributed by atoms with van der Waals surface area (Å²) in [5.74, 6) is 0.112. The van der Waals surface area contributed by atoms with Crippen LogP contribution in [0.5, 0.6) is 0 Å². The fourth-order valence-electron chi connectivity index (χ4n) is 1.96. The fraction of sp³-hybridized carbons (Fsp3) is 0.357. The molecule has 0 unspecified atom stereocenters. The van der Waals surface area contributed by atoms with Gasteiger partial charge in [-0.3, -0.25) is 0 Å². The van der Waals surface area contributed by atoms with E-state index in [1.807, 2.05) is 0 Å². The molecule has 102 valence electrons. The molecule has 0 aliphatic rings. The average Bonchev–Trinajstić information content (AvgIpc) is 2.69. The van der Waals surface area contributed by atoms with E-state index >= 15 is 0 Å². The number of aromatic nitrogens is 2. The van der Waals surface area contributed by atoms with E-state index in [4.69, 9.17) is 23.2 Å². The molecular formula is C14H15Cl2FN2. The molecule has 19 heavy (non-hydrogen) atoms. The second-order valence-corrected chi connectivity index (χ2v) is 5.01. The van der Waals surface area contributed by atoms with E-state index in [1.54, 1.807) is 16.8 Å². The van der Waals surface area contributed by atoms with Crippen LogP contribution in [0.4, 0.5) is 4.39 Å². The molecule has 0 radical (unpaired) electrons. The maximum Gasteiger partial charge on any atom is 0.132 e. The smallest absolute Gasteiger partial charge is 0.132 e. The third-order valence-corrected chi connectivity index (χ3v) is 3.62. The number of nitrogens with zero attached hydrogens (tertiary/aromatic N) is 2. The molecule has 1 heterocycles. The number of aryl methyl sites for hydroxylation is 1. The van der Waals surface area contributed by atoms with E-state index in [0.717, 1.165) is 29.7 Å². The fourth-order valence-corrected chi connectivity index (χ4v) is 2.58. The lowest BCUT2D eigenvalue weighted by Crippen LogP contribution is -2.02. The minimum Gasteiger partial charge on any atom is -0.249 e. The number of hydrogen-bond donors (Lipinski definition) is 0. The molecule has 2 nitrogen and oxygen atoms in total. The average molecular weight is 301 g/mol. The van der Waals surface area contributed by atoms with Crippen molar-refractivity contribution in [1.29, 1.82) is 0 Å². The summed E-state index contributed by atoms with van der Waals surface area (Å²) >= 11 is 12.2. The van der Waals surface area contributed by atoms with Crippen molar-refractivity contribution in [2.45, 2.75) is 32.2 Å². The highest BCUT2D eigenvalue weighted by Gasteiger charge is 2.14. The highest BCUT2D eigenvalue weighted by molar-refractivity contribution is 6.31. The Bertz CT molecular complexity index is 549. The molecule has 1 aromatic carbocycles. The Hall–Kier alpha value is -1.06. The predicted molar refractivity (Wildman–Crippen MR) is 76.3 cm³/mol. The minimum atomic E-state index is -0.247. The van der Waals surface area contributed by atoms with Gasteiger partial charge in [0.05, 0.1) is 18.1 Å². The quantitative estimate of drug-likeness (QED) is 0.748. The van der Waals surface area contributed by atoms with Crippen LogP contribution in [0.2, 0.25) is 5.15 Å². The molecule has 0 spiro atoms. The van der Waals surface area contributed by atoms with Crippen LogP contribution in [0.25, 0.3) is 0 Å². The lowest BCUT2D eigenvalue weighted by atomic mass is 10.2. The van der Waals surface area contributed by atoms with Crippen LogP contribution in [0.3, 0.4) is 0 Å². The molecule has 0 aliphatic heterocycles. The number of hydrogen-bond acceptors (Lipinski definition) is 1. The SMILES string of the molecule is CCCc1nn(Cc2ccc(F)cc2)c(Cl)c1CCl. The van der Waals surface area contributed by atoms with E-state index in [2.05, 4.69) is 12.0 Å². The van der Waals surface area contributed by atoms with Crippen LogP contribution in [0, 0.1) is 5.82 Å². The molecule has 0 aliphatic carbocycles. The van der Waals surface area contributed by atoms with Gasteiger partial charge in [0.1, 0.15) is 11.0 Å². The summed E-state index contributed by atoms with van der Waals surface area (Å²) < 4.78 is 14.6. The van der Waals surface area contributed by atoms with Gasteiger partial charge in [0.15, 0.2) is 0 Å². The molecular weight excluding hydrogens is 286 g/mol. The molecule has 0 N–H and O–H groups in total. The Morgan fingerprint density at radius 3 is 2.53 bits per heavy atom. The Morgan fingerprint density at radius 1 is 1.26 bits per heavy atom. The minimum absolute atomic E-state index is 0.247. The Labute approximate surface area is 122 Å². The maximum absolute atomic E-state index is 12.9. The molecule has 2 rings (SSSR count). The topological polar surface area (TPSA) is 17.8 Å². The Balaban J connectivity index is 2.27. The first-order valence-electron chi connectivity index (χ1n) is 6.20. The lowest BCUT2D eigenvalue weighted by Gasteiger charge is -2.03. The van der Waals surface area contributed by atoms with Gasteiger partial charge < -0.3 is 0 Å². The zero-order valence-corrected chi connectivity index (χ0v) is 12.2. The maximum atomic E-state index is 12.9. The molecule has 0 atom stereocenters. The Kier molecular flexibility index (Phi) is 4.83. The van der Waals surface area contributed by atoms with Crippen LogP contribution in [0.1, 0.15) is 30.2 Å². The molecule has 0 fully saturated rings. The van der Waals surface area contributed by atoms with Gasteiger partial charge in [-0.1, -0.05) is 37.1 Å². The number of benzene rings is 1. The lowest BCUT2D eigenvalue weighted by molar-refractivity contribution is 0.623. The van der Waals surface area contributed by atoms with E-state index in [0.29, 0.717) is 17.6 Å². The van der Waals surface area contributed by atoms with Crippen molar-refractivity contribution in [2.24, 2.45) is 0 Å². The normalized spacial score (nSPS) is 10.9. The van der Waals surface area contributed by atoms with Crippen molar-refractivity contribution in [2.75, 3.05) is 0 Å². The molecule has 5 heteroatoms. The Morgan fingerprint density at radius 2 is 1.95 bits per heavy atom. The first kappa shape index (κ1) is 14.4. The predicted octanol–water partition coefficient (Wildman–Crippen LogP) is 4.42.